The Morgan fingerprint density at radius 1 is 1.25 bits per heavy atom. The largest absolute Gasteiger partial charge is 0.573 e. The second-order valence-electron chi connectivity index (χ2n) is 4.10. The molecule has 1 aromatic heterocycles. The molecule has 0 aliphatic heterocycles. The minimum absolute atomic E-state index is 0.276. The summed E-state index contributed by atoms with van der Waals surface area (Å²) in [6.45, 7) is 0. The number of hydrogen-bond acceptors (Lipinski definition) is 4. The molecular weight excluding hydrogens is 273 g/mol. The summed E-state index contributed by atoms with van der Waals surface area (Å²) in [4.78, 5) is 0. The van der Waals surface area contributed by atoms with Gasteiger partial charge >= 0.3 is 6.36 Å². The summed E-state index contributed by atoms with van der Waals surface area (Å²) in [6.07, 6.45) is -3.09. The predicted molar refractivity (Wildman–Crippen MR) is 65.5 cm³/mol. The van der Waals surface area contributed by atoms with Gasteiger partial charge < -0.3 is 4.74 Å². The SMILES string of the molecule is Cn1nccc1C(NN)c1ccc(OC(F)(F)F)cc1. The fourth-order valence-corrected chi connectivity index (χ4v) is 1.88. The van der Waals surface area contributed by atoms with E-state index in [0.717, 1.165) is 5.69 Å². The van der Waals surface area contributed by atoms with Crippen LogP contribution in [0.3, 0.4) is 0 Å². The Balaban J connectivity index is 2.22. The Morgan fingerprint density at radius 2 is 1.90 bits per heavy atom. The first-order chi connectivity index (χ1) is 9.40. The van der Waals surface area contributed by atoms with Crippen molar-refractivity contribution in [2.45, 2.75) is 12.4 Å². The van der Waals surface area contributed by atoms with Crippen LogP contribution < -0.4 is 16.0 Å². The third-order valence-electron chi connectivity index (χ3n) is 2.77. The summed E-state index contributed by atoms with van der Waals surface area (Å²) in [6, 6.07) is 6.90. The number of alkyl halides is 3. The molecule has 0 amide bonds. The number of ether oxygens (including phenoxy) is 1. The first-order valence-corrected chi connectivity index (χ1v) is 5.70. The summed E-state index contributed by atoms with van der Waals surface area (Å²) >= 11 is 0. The third-order valence-corrected chi connectivity index (χ3v) is 2.77. The highest BCUT2D eigenvalue weighted by atomic mass is 19.4. The number of hydrogen-bond donors (Lipinski definition) is 2. The van der Waals surface area contributed by atoms with Gasteiger partial charge in [-0.2, -0.15) is 5.10 Å². The van der Waals surface area contributed by atoms with E-state index >= 15 is 0 Å². The molecule has 0 saturated heterocycles. The van der Waals surface area contributed by atoms with Crippen LogP contribution >= 0.6 is 0 Å². The van der Waals surface area contributed by atoms with Crippen LogP contribution in [0, 0.1) is 0 Å². The lowest BCUT2D eigenvalue weighted by Gasteiger charge is -2.17. The fraction of sp³-hybridized carbons (Fsp3) is 0.250. The normalized spacial score (nSPS) is 13.2. The molecule has 1 atom stereocenters. The number of nitrogens with two attached hydrogens (primary N) is 1. The topological polar surface area (TPSA) is 65.1 Å². The number of aryl methyl sites for hydroxylation is 1. The molecule has 1 unspecified atom stereocenters. The molecule has 0 aliphatic carbocycles. The molecule has 2 rings (SSSR count). The number of halogens is 3. The van der Waals surface area contributed by atoms with Gasteiger partial charge in [-0.25, -0.2) is 5.43 Å². The molecule has 0 radical (unpaired) electrons. The number of nitrogens with zero attached hydrogens (tertiary/aromatic N) is 2. The first-order valence-electron chi connectivity index (χ1n) is 5.70. The highest BCUT2D eigenvalue weighted by Crippen LogP contribution is 2.26. The van der Waals surface area contributed by atoms with E-state index < -0.39 is 6.36 Å². The summed E-state index contributed by atoms with van der Waals surface area (Å²) in [5, 5.41) is 4.02. The van der Waals surface area contributed by atoms with E-state index in [0.29, 0.717) is 5.56 Å². The Kier molecular flexibility index (Phi) is 3.96. The smallest absolute Gasteiger partial charge is 0.406 e. The van der Waals surface area contributed by atoms with Crippen LogP contribution in [0.25, 0.3) is 0 Å². The van der Waals surface area contributed by atoms with E-state index in [2.05, 4.69) is 15.3 Å². The van der Waals surface area contributed by atoms with E-state index in [4.69, 9.17) is 5.84 Å². The van der Waals surface area contributed by atoms with E-state index in [1.54, 1.807) is 24.0 Å². The average molecular weight is 286 g/mol. The van der Waals surface area contributed by atoms with Gasteiger partial charge in [-0.3, -0.25) is 10.5 Å². The number of nitrogens with one attached hydrogen (secondary N) is 1. The molecule has 0 aliphatic rings. The van der Waals surface area contributed by atoms with Gasteiger partial charge in [0.15, 0.2) is 0 Å². The molecule has 0 saturated carbocycles. The van der Waals surface area contributed by atoms with Gasteiger partial charge in [0.05, 0.1) is 11.7 Å². The molecule has 108 valence electrons. The van der Waals surface area contributed by atoms with Crippen LogP contribution in [0.1, 0.15) is 17.3 Å². The Labute approximate surface area is 113 Å². The maximum absolute atomic E-state index is 12.1. The van der Waals surface area contributed by atoms with Gasteiger partial charge in [0.25, 0.3) is 0 Å². The maximum Gasteiger partial charge on any atom is 0.573 e. The maximum atomic E-state index is 12.1. The van der Waals surface area contributed by atoms with Crippen molar-refractivity contribution in [3.05, 3.63) is 47.8 Å². The Bertz CT molecular complexity index is 565. The molecule has 2 aromatic rings. The van der Waals surface area contributed by atoms with Crippen molar-refractivity contribution in [3.8, 4) is 5.75 Å². The predicted octanol–water partition coefficient (Wildman–Crippen LogP) is 1.87. The van der Waals surface area contributed by atoms with E-state index in [1.807, 2.05) is 0 Å². The van der Waals surface area contributed by atoms with Gasteiger partial charge in [0.1, 0.15) is 5.75 Å². The van der Waals surface area contributed by atoms with Crippen molar-refractivity contribution in [3.63, 3.8) is 0 Å². The average Bonchev–Trinajstić information content (AvgIpc) is 2.77. The van der Waals surface area contributed by atoms with Crippen molar-refractivity contribution in [1.29, 1.82) is 0 Å². The number of hydrazine groups is 1. The van der Waals surface area contributed by atoms with Crippen molar-refractivity contribution in [2.24, 2.45) is 12.9 Å². The first kappa shape index (κ1) is 14.4. The van der Waals surface area contributed by atoms with Crippen LogP contribution in [0.2, 0.25) is 0 Å². The number of benzene rings is 1. The Hall–Kier alpha value is -2.06. The lowest BCUT2D eigenvalue weighted by molar-refractivity contribution is -0.274. The molecule has 3 N–H and O–H groups in total. The zero-order valence-electron chi connectivity index (χ0n) is 10.6. The molecule has 0 bridgehead atoms. The van der Waals surface area contributed by atoms with Crippen LogP contribution in [-0.4, -0.2) is 16.1 Å². The van der Waals surface area contributed by atoms with Crippen LogP contribution in [0.5, 0.6) is 5.75 Å². The zero-order chi connectivity index (χ0) is 14.8. The van der Waals surface area contributed by atoms with Gasteiger partial charge in [-0.15, -0.1) is 13.2 Å². The van der Waals surface area contributed by atoms with Gasteiger partial charge in [0.2, 0.25) is 0 Å². The molecule has 5 nitrogen and oxygen atoms in total. The lowest BCUT2D eigenvalue weighted by atomic mass is 10.0. The molecular formula is C12H13F3N4O. The van der Waals surface area contributed by atoms with E-state index in [-0.39, 0.29) is 11.8 Å². The third kappa shape index (κ3) is 3.28. The van der Waals surface area contributed by atoms with Gasteiger partial charge in [0, 0.05) is 13.2 Å². The summed E-state index contributed by atoms with van der Waals surface area (Å²) in [5.74, 6) is 5.23. The van der Waals surface area contributed by atoms with Crippen molar-refractivity contribution in [2.75, 3.05) is 0 Å². The lowest BCUT2D eigenvalue weighted by Crippen LogP contribution is -2.30. The van der Waals surface area contributed by atoms with Crippen LogP contribution in [0.4, 0.5) is 13.2 Å². The standard InChI is InChI=1S/C12H13F3N4O/c1-19-10(6-7-17-19)11(18-16)8-2-4-9(5-3-8)20-12(13,14)15/h2-7,11,18H,16H2,1H3. The summed E-state index contributed by atoms with van der Waals surface area (Å²) in [7, 11) is 1.75. The van der Waals surface area contributed by atoms with Gasteiger partial charge in [-0.05, 0) is 23.8 Å². The zero-order valence-corrected chi connectivity index (χ0v) is 10.6. The number of rotatable bonds is 4. The molecule has 1 aromatic carbocycles. The van der Waals surface area contributed by atoms with E-state index in [9.17, 15) is 13.2 Å². The summed E-state index contributed by atoms with van der Waals surface area (Å²) in [5.41, 5.74) is 4.09. The molecule has 8 heteroatoms. The minimum Gasteiger partial charge on any atom is -0.406 e. The molecule has 1 heterocycles. The van der Waals surface area contributed by atoms with Crippen LogP contribution in [0.15, 0.2) is 36.5 Å². The van der Waals surface area contributed by atoms with E-state index in [1.165, 1.54) is 24.3 Å². The highest BCUT2D eigenvalue weighted by molar-refractivity contribution is 5.33. The molecule has 0 spiro atoms. The summed E-state index contributed by atoms with van der Waals surface area (Å²) < 4.78 is 41.7. The minimum atomic E-state index is -4.70. The highest BCUT2D eigenvalue weighted by Gasteiger charge is 2.31. The second-order valence-corrected chi connectivity index (χ2v) is 4.10. The van der Waals surface area contributed by atoms with Crippen molar-refractivity contribution >= 4 is 0 Å². The number of aromatic nitrogens is 2. The van der Waals surface area contributed by atoms with Crippen molar-refractivity contribution in [1.82, 2.24) is 15.2 Å². The quantitative estimate of drug-likeness (QED) is 0.665. The van der Waals surface area contributed by atoms with Crippen LogP contribution in [-0.2, 0) is 7.05 Å². The molecule has 0 fully saturated rings. The molecule has 20 heavy (non-hydrogen) atoms. The van der Waals surface area contributed by atoms with Crippen molar-refractivity contribution < 1.29 is 17.9 Å². The fourth-order valence-electron chi connectivity index (χ4n) is 1.88. The second kappa shape index (κ2) is 5.51. The van der Waals surface area contributed by atoms with Gasteiger partial charge in [-0.1, -0.05) is 12.1 Å². The Morgan fingerprint density at radius 3 is 2.35 bits per heavy atom. The monoisotopic (exact) mass is 286 g/mol.